The van der Waals surface area contributed by atoms with E-state index in [-0.39, 0.29) is 11.6 Å². The molecule has 28 heavy (non-hydrogen) atoms. The van der Waals surface area contributed by atoms with Crippen LogP contribution in [0.4, 0.5) is 11.5 Å². The van der Waals surface area contributed by atoms with Gasteiger partial charge in [0.05, 0.1) is 4.92 Å². The molecular formula is C21H20N4O3. The summed E-state index contributed by atoms with van der Waals surface area (Å²) in [4.78, 5) is 29.1. The van der Waals surface area contributed by atoms with E-state index in [4.69, 9.17) is 0 Å². The van der Waals surface area contributed by atoms with Crippen LogP contribution >= 0.6 is 0 Å². The molecule has 142 valence electrons. The Hall–Kier alpha value is -3.74. The first-order valence-electron chi connectivity index (χ1n) is 8.72. The number of hydrogen-bond acceptors (Lipinski definition) is 5. The zero-order valence-corrected chi connectivity index (χ0v) is 15.6. The van der Waals surface area contributed by atoms with Crippen molar-refractivity contribution in [3.63, 3.8) is 0 Å². The summed E-state index contributed by atoms with van der Waals surface area (Å²) >= 11 is 0. The number of pyridine rings is 1. The fourth-order valence-corrected chi connectivity index (χ4v) is 2.87. The van der Waals surface area contributed by atoms with Crippen LogP contribution in [0.2, 0.25) is 0 Å². The highest BCUT2D eigenvalue weighted by atomic mass is 16.6. The van der Waals surface area contributed by atoms with Crippen LogP contribution in [0.1, 0.15) is 15.9 Å². The molecule has 0 atom stereocenters. The van der Waals surface area contributed by atoms with Crippen LogP contribution < -0.4 is 10.2 Å². The average Bonchev–Trinajstić information content (AvgIpc) is 2.73. The van der Waals surface area contributed by atoms with Gasteiger partial charge < -0.3 is 10.2 Å². The second-order valence-electron chi connectivity index (χ2n) is 6.29. The Kier molecular flexibility index (Phi) is 5.64. The van der Waals surface area contributed by atoms with Gasteiger partial charge in [-0.25, -0.2) is 4.98 Å². The van der Waals surface area contributed by atoms with Crippen molar-refractivity contribution in [3.05, 3.63) is 88.0 Å². The number of benzene rings is 2. The highest BCUT2D eigenvalue weighted by Crippen LogP contribution is 2.30. The fourth-order valence-electron chi connectivity index (χ4n) is 2.87. The molecule has 1 heterocycles. The second kappa shape index (κ2) is 8.30. The summed E-state index contributed by atoms with van der Waals surface area (Å²) in [5, 5.41) is 14.0. The molecule has 0 aliphatic rings. The van der Waals surface area contributed by atoms with Crippen molar-refractivity contribution in [1.29, 1.82) is 0 Å². The van der Waals surface area contributed by atoms with Gasteiger partial charge in [-0.2, -0.15) is 0 Å². The van der Waals surface area contributed by atoms with Crippen LogP contribution in [-0.2, 0) is 6.54 Å². The van der Waals surface area contributed by atoms with Gasteiger partial charge in [0, 0.05) is 37.8 Å². The first-order valence-corrected chi connectivity index (χ1v) is 8.72. The SMILES string of the molecule is CNC(=O)c1ccc(CN(C)c2ccc([N+](=O)[O-])c(-c3ccccc3)n2)cc1. The Bertz CT molecular complexity index is 988. The summed E-state index contributed by atoms with van der Waals surface area (Å²) in [6.45, 7) is 0.549. The molecule has 7 nitrogen and oxygen atoms in total. The van der Waals surface area contributed by atoms with Gasteiger partial charge in [-0.1, -0.05) is 42.5 Å². The zero-order chi connectivity index (χ0) is 20.1. The Morgan fingerprint density at radius 1 is 1.07 bits per heavy atom. The molecule has 0 saturated carbocycles. The molecule has 1 aromatic heterocycles. The molecule has 0 radical (unpaired) electrons. The lowest BCUT2D eigenvalue weighted by atomic mass is 10.1. The monoisotopic (exact) mass is 376 g/mol. The first-order chi connectivity index (χ1) is 13.5. The number of amides is 1. The summed E-state index contributed by atoms with van der Waals surface area (Å²) < 4.78 is 0. The highest BCUT2D eigenvalue weighted by molar-refractivity contribution is 5.93. The smallest absolute Gasteiger partial charge is 0.295 e. The maximum Gasteiger partial charge on any atom is 0.295 e. The van der Waals surface area contributed by atoms with Gasteiger partial charge in [0.2, 0.25) is 0 Å². The second-order valence-corrected chi connectivity index (χ2v) is 6.29. The summed E-state index contributed by atoms with van der Waals surface area (Å²) in [5.74, 6) is 0.490. The van der Waals surface area contributed by atoms with E-state index in [9.17, 15) is 14.9 Å². The van der Waals surface area contributed by atoms with E-state index in [0.717, 1.165) is 5.56 Å². The molecule has 1 N–H and O–H groups in total. The molecule has 7 heteroatoms. The Balaban J connectivity index is 1.87. The molecule has 0 unspecified atom stereocenters. The van der Waals surface area contributed by atoms with E-state index in [2.05, 4.69) is 10.3 Å². The maximum atomic E-state index is 11.6. The lowest BCUT2D eigenvalue weighted by molar-refractivity contribution is -0.384. The number of rotatable bonds is 6. The molecule has 0 bridgehead atoms. The number of hydrogen-bond donors (Lipinski definition) is 1. The lowest BCUT2D eigenvalue weighted by Crippen LogP contribution is -2.19. The van der Waals surface area contributed by atoms with Gasteiger partial charge in [0.1, 0.15) is 5.82 Å². The molecule has 0 saturated heterocycles. The third kappa shape index (κ3) is 4.15. The van der Waals surface area contributed by atoms with E-state index in [1.54, 1.807) is 37.4 Å². The molecular weight excluding hydrogens is 356 g/mol. The average molecular weight is 376 g/mol. The molecule has 0 fully saturated rings. The van der Waals surface area contributed by atoms with Crippen molar-refractivity contribution in [2.75, 3.05) is 19.0 Å². The van der Waals surface area contributed by atoms with Gasteiger partial charge in [-0.05, 0) is 23.8 Å². The molecule has 1 amide bonds. The van der Waals surface area contributed by atoms with Crippen molar-refractivity contribution < 1.29 is 9.72 Å². The molecule has 0 aliphatic carbocycles. The number of carbonyl (C=O) groups is 1. The quantitative estimate of drug-likeness (QED) is 0.524. The van der Waals surface area contributed by atoms with Crippen molar-refractivity contribution in [2.24, 2.45) is 0 Å². The minimum Gasteiger partial charge on any atom is -0.355 e. The lowest BCUT2D eigenvalue weighted by Gasteiger charge is -2.19. The van der Waals surface area contributed by atoms with E-state index in [1.807, 2.05) is 42.3 Å². The zero-order valence-electron chi connectivity index (χ0n) is 15.6. The third-order valence-corrected chi connectivity index (χ3v) is 4.36. The molecule has 0 spiro atoms. The largest absolute Gasteiger partial charge is 0.355 e. The van der Waals surface area contributed by atoms with Crippen molar-refractivity contribution in [2.45, 2.75) is 6.54 Å². The van der Waals surface area contributed by atoms with E-state index >= 15 is 0 Å². The normalized spacial score (nSPS) is 10.4. The van der Waals surface area contributed by atoms with Crippen LogP contribution in [0, 0.1) is 10.1 Å². The standard InChI is InChI=1S/C21H20N4O3/c1-22-21(26)17-10-8-15(9-11-17)14-24(2)19-13-12-18(25(27)28)20(23-19)16-6-4-3-5-7-16/h3-13H,14H2,1-2H3,(H,22,26). The molecule has 2 aromatic carbocycles. The van der Waals surface area contributed by atoms with Gasteiger partial charge in [0.15, 0.2) is 5.69 Å². The summed E-state index contributed by atoms with van der Waals surface area (Å²) in [5.41, 5.74) is 2.59. The van der Waals surface area contributed by atoms with Crippen LogP contribution in [0.15, 0.2) is 66.7 Å². The van der Waals surface area contributed by atoms with Gasteiger partial charge >= 0.3 is 0 Å². The minimum absolute atomic E-state index is 0.0294. The van der Waals surface area contributed by atoms with Crippen molar-refractivity contribution >= 4 is 17.4 Å². The number of carbonyl (C=O) groups excluding carboxylic acids is 1. The first kappa shape index (κ1) is 19.0. The van der Waals surface area contributed by atoms with Crippen molar-refractivity contribution in [3.8, 4) is 11.3 Å². The Labute approximate surface area is 162 Å². The highest BCUT2D eigenvalue weighted by Gasteiger charge is 2.19. The third-order valence-electron chi connectivity index (χ3n) is 4.36. The van der Waals surface area contributed by atoms with Crippen LogP contribution in [0.25, 0.3) is 11.3 Å². The number of anilines is 1. The number of nitrogens with zero attached hydrogens (tertiary/aromatic N) is 3. The number of nitro groups is 1. The Morgan fingerprint density at radius 2 is 1.75 bits per heavy atom. The van der Waals surface area contributed by atoms with E-state index < -0.39 is 4.92 Å². The van der Waals surface area contributed by atoms with E-state index in [1.165, 1.54) is 6.07 Å². The predicted molar refractivity (Wildman–Crippen MR) is 108 cm³/mol. The van der Waals surface area contributed by atoms with E-state index in [0.29, 0.717) is 29.2 Å². The topological polar surface area (TPSA) is 88.4 Å². The van der Waals surface area contributed by atoms with Gasteiger partial charge in [0.25, 0.3) is 11.6 Å². The Morgan fingerprint density at radius 3 is 2.36 bits per heavy atom. The molecule has 3 aromatic rings. The molecule has 3 rings (SSSR count). The minimum atomic E-state index is -0.420. The summed E-state index contributed by atoms with van der Waals surface area (Å²) in [6, 6.07) is 19.5. The molecule has 0 aliphatic heterocycles. The number of nitrogens with one attached hydrogen (secondary N) is 1. The van der Waals surface area contributed by atoms with Gasteiger partial charge in [-0.3, -0.25) is 14.9 Å². The van der Waals surface area contributed by atoms with Crippen LogP contribution in [0.3, 0.4) is 0 Å². The predicted octanol–water partition coefficient (Wildman–Crippen LogP) is 3.65. The fraction of sp³-hybridized carbons (Fsp3) is 0.143. The number of aromatic nitrogens is 1. The van der Waals surface area contributed by atoms with Crippen LogP contribution in [0.5, 0.6) is 0 Å². The maximum absolute atomic E-state index is 11.6. The van der Waals surface area contributed by atoms with Crippen molar-refractivity contribution in [1.82, 2.24) is 10.3 Å². The summed E-state index contributed by atoms with van der Waals surface area (Å²) in [6.07, 6.45) is 0. The van der Waals surface area contributed by atoms with Crippen LogP contribution in [-0.4, -0.2) is 29.9 Å². The summed E-state index contributed by atoms with van der Waals surface area (Å²) in [7, 11) is 3.46. The van der Waals surface area contributed by atoms with Gasteiger partial charge in [-0.15, -0.1) is 0 Å².